The van der Waals surface area contributed by atoms with Crippen molar-refractivity contribution in [2.24, 2.45) is 0 Å². The maximum Gasteiger partial charge on any atom is 0.182 e. The lowest BCUT2D eigenvalue weighted by molar-refractivity contribution is 0.0790. The second-order valence-corrected chi connectivity index (χ2v) is 4.90. The molecule has 1 aliphatic heterocycles. The molecule has 1 aromatic heterocycles. The van der Waals surface area contributed by atoms with Gasteiger partial charge in [-0.25, -0.2) is 4.39 Å². The number of piperidine rings is 1. The number of carbonyl (C=O) groups is 1. The highest BCUT2D eigenvalue weighted by Crippen LogP contribution is 2.17. The van der Waals surface area contributed by atoms with Crippen molar-refractivity contribution >= 4 is 5.78 Å². The number of nitrogens with zero attached hydrogens (tertiary/aromatic N) is 2. The Kier molecular flexibility index (Phi) is 4.99. The van der Waals surface area contributed by atoms with Gasteiger partial charge in [-0.1, -0.05) is 6.42 Å². The Hall–Kier alpha value is -1.33. The van der Waals surface area contributed by atoms with Gasteiger partial charge in [-0.2, -0.15) is 0 Å². The predicted molar refractivity (Wildman–Crippen MR) is 69.4 cm³/mol. The Morgan fingerprint density at radius 3 is 3.00 bits per heavy atom. The minimum atomic E-state index is -0.437. The molecule has 2 heterocycles. The first-order valence-electron chi connectivity index (χ1n) is 6.70. The molecule has 1 N–H and O–H groups in total. The molecule has 19 heavy (non-hydrogen) atoms. The number of rotatable bonds is 5. The summed E-state index contributed by atoms with van der Waals surface area (Å²) in [5.41, 5.74) is 0.305. The average Bonchev–Trinajstić information content (AvgIpc) is 2.45. The van der Waals surface area contributed by atoms with Crippen LogP contribution in [0.1, 0.15) is 36.2 Å². The average molecular weight is 266 g/mol. The topological polar surface area (TPSA) is 53.4 Å². The number of aliphatic hydroxyl groups is 1. The molecule has 0 amide bonds. The van der Waals surface area contributed by atoms with E-state index < -0.39 is 5.82 Å². The summed E-state index contributed by atoms with van der Waals surface area (Å²) < 4.78 is 12.7. The summed E-state index contributed by atoms with van der Waals surface area (Å²) in [5, 5.41) is 9.29. The molecule has 0 aromatic carbocycles. The van der Waals surface area contributed by atoms with Crippen LogP contribution in [0.25, 0.3) is 0 Å². The summed E-state index contributed by atoms with van der Waals surface area (Å²) in [7, 11) is 0. The van der Waals surface area contributed by atoms with Crippen LogP contribution in [0.4, 0.5) is 4.39 Å². The lowest BCUT2D eigenvalue weighted by atomic mass is 10.0. The molecule has 0 radical (unpaired) electrons. The van der Waals surface area contributed by atoms with Crippen LogP contribution in [0.15, 0.2) is 18.3 Å². The highest BCUT2D eigenvalue weighted by Gasteiger charge is 2.22. The Morgan fingerprint density at radius 2 is 2.32 bits per heavy atom. The van der Waals surface area contributed by atoms with Gasteiger partial charge in [0, 0.05) is 19.0 Å². The number of aliphatic hydroxyl groups excluding tert-OH is 1. The third-order valence-electron chi connectivity index (χ3n) is 3.60. The number of halogens is 1. The summed E-state index contributed by atoms with van der Waals surface area (Å²) in [6.45, 7) is 1.70. The molecule has 1 fully saturated rings. The molecular formula is C14H19FN2O2. The van der Waals surface area contributed by atoms with Gasteiger partial charge >= 0.3 is 0 Å². The molecule has 0 spiro atoms. The van der Waals surface area contributed by atoms with Gasteiger partial charge in [0.1, 0.15) is 11.5 Å². The SMILES string of the molecule is O=C(CCN1CCCCC1CO)c1ccc(F)cn1. The fourth-order valence-corrected chi connectivity index (χ4v) is 2.48. The molecule has 5 heteroatoms. The van der Waals surface area contributed by atoms with Gasteiger partial charge in [-0.05, 0) is 31.5 Å². The first-order valence-corrected chi connectivity index (χ1v) is 6.70. The number of ketones is 1. The van der Waals surface area contributed by atoms with Gasteiger partial charge in [0.15, 0.2) is 5.78 Å². The van der Waals surface area contributed by atoms with E-state index in [-0.39, 0.29) is 18.4 Å². The van der Waals surface area contributed by atoms with Crippen molar-refractivity contribution in [3.05, 3.63) is 29.8 Å². The molecule has 1 unspecified atom stereocenters. The molecule has 4 nitrogen and oxygen atoms in total. The zero-order chi connectivity index (χ0) is 13.7. The summed E-state index contributed by atoms with van der Waals surface area (Å²) in [6, 6.07) is 2.83. The number of hydrogen-bond acceptors (Lipinski definition) is 4. The van der Waals surface area contributed by atoms with E-state index in [0.29, 0.717) is 18.7 Å². The molecule has 0 bridgehead atoms. The van der Waals surface area contributed by atoms with E-state index in [9.17, 15) is 14.3 Å². The Bertz CT molecular complexity index is 422. The first kappa shape index (κ1) is 14.1. The molecule has 0 aliphatic carbocycles. The van der Waals surface area contributed by atoms with Crippen molar-refractivity contribution in [3.8, 4) is 0 Å². The van der Waals surface area contributed by atoms with Crippen molar-refractivity contribution in [1.82, 2.24) is 9.88 Å². The number of pyridine rings is 1. The molecule has 1 saturated heterocycles. The van der Waals surface area contributed by atoms with E-state index in [4.69, 9.17) is 0 Å². The van der Waals surface area contributed by atoms with Gasteiger partial charge in [0.25, 0.3) is 0 Å². The third kappa shape index (κ3) is 3.81. The number of Topliss-reactive ketones (excluding diaryl/α,β-unsaturated/α-hetero) is 1. The fourth-order valence-electron chi connectivity index (χ4n) is 2.48. The first-order chi connectivity index (χ1) is 9.20. The van der Waals surface area contributed by atoms with E-state index >= 15 is 0 Å². The standard InChI is InChI=1S/C14H19FN2O2/c15-11-4-5-13(16-9-11)14(19)6-8-17-7-2-1-3-12(17)10-18/h4-5,9,12,18H,1-3,6-8,10H2. The predicted octanol–water partition coefficient (Wildman–Crippen LogP) is 1.64. The van der Waals surface area contributed by atoms with Crippen molar-refractivity contribution < 1.29 is 14.3 Å². The summed E-state index contributed by atoms with van der Waals surface area (Å²) in [6.07, 6.45) is 4.65. The second-order valence-electron chi connectivity index (χ2n) is 4.90. The van der Waals surface area contributed by atoms with Crippen molar-refractivity contribution in [2.75, 3.05) is 19.7 Å². The second kappa shape index (κ2) is 6.73. The van der Waals surface area contributed by atoms with Gasteiger partial charge in [0.2, 0.25) is 0 Å². The third-order valence-corrected chi connectivity index (χ3v) is 3.60. The van der Waals surface area contributed by atoms with Gasteiger partial charge in [0.05, 0.1) is 12.8 Å². The van der Waals surface area contributed by atoms with E-state index in [1.807, 2.05) is 0 Å². The Labute approximate surface area is 112 Å². The lowest BCUT2D eigenvalue weighted by Gasteiger charge is -2.34. The van der Waals surface area contributed by atoms with Gasteiger partial charge in [-0.3, -0.25) is 14.7 Å². The smallest absolute Gasteiger partial charge is 0.182 e. The number of hydrogen-bond donors (Lipinski definition) is 1. The van der Waals surface area contributed by atoms with Crippen molar-refractivity contribution in [3.63, 3.8) is 0 Å². The Morgan fingerprint density at radius 1 is 1.47 bits per heavy atom. The summed E-state index contributed by atoms with van der Waals surface area (Å²) >= 11 is 0. The lowest BCUT2D eigenvalue weighted by Crippen LogP contribution is -2.42. The quantitative estimate of drug-likeness (QED) is 0.823. The number of aromatic nitrogens is 1. The summed E-state index contributed by atoms with van der Waals surface area (Å²) in [4.78, 5) is 17.9. The van der Waals surface area contributed by atoms with Crippen molar-refractivity contribution in [1.29, 1.82) is 0 Å². The molecular weight excluding hydrogens is 247 g/mol. The molecule has 2 rings (SSSR count). The van der Waals surface area contributed by atoms with E-state index in [0.717, 1.165) is 32.0 Å². The van der Waals surface area contributed by atoms with Crippen LogP contribution < -0.4 is 0 Å². The maximum atomic E-state index is 12.7. The van der Waals surface area contributed by atoms with E-state index in [2.05, 4.69) is 9.88 Å². The van der Waals surface area contributed by atoms with Gasteiger partial charge in [-0.15, -0.1) is 0 Å². The van der Waals surface area contributed by atoms with E-state index in [1.54, 1.807) is 0 Å². The van der Waals surface area contributed by atoms with Crippen LogP contribution in [0.5, 0.6) is 0 Å². The minimum Gasteiger partial charge on any atom is -0.395 e. The molecule has 0 saturated carbocycles. The van der Waals surface area contributed by atoms with Crippen LogP contribution in [-0.2, 0) is 0 Å². The van der Waals surface area contributed by atoms with Crippen LogP contribution in [0.3, 0.4) is 0 Å². The Balaban J connectivity index is 1.87. The van der Waals surface area contributed by atoms with Crippen LogP contribution in [0.2, 0.25) is 0 Å². The summed E-state index contributed by atoms with van der Waals surface area (Å²) in [5.74, 6) is -0.518. The van der Waals surface area contributed by atoms with Gasteiger partial charge < -0.3 is 5.11 Å². The van der Waals surface area contributed by atoms with E-state index in [1.165, 1.54) is 12.1 Å². The normalized spacial score (nSPS) is 20.4. The molecule has 1 aliphatic rings. The monoisotopic (exact) mass is 266 g/mol. The molecule has 1 atom stereocenters. The number of likely N-dealkylation sites (tertiary alicyclic amines) is 1. The minimum absolute atomic E-state index is 0.0812. The number of carbonyl (C=O) groups excluding carboxylic acids is 1. The van der Waals surface area contributed by atoms with Crippen LogP contribution >= 0.6 is 0 Å². The zero-order valence-corrected chi connectivity index (χ0v) is 10.9. The van der Waals surface area contributed by atoms with Crippen molar-refractivity contribution in [2.45, 2.75) is 31.7 Å². The highest BCUT2D eigenvalue weighted by atomic mass is 19.1. The van der Waals surface area contributed by atoms with Crippen LogP contribution in [0, 0.1) is 5.82 Å². The largest absolute Gasteiger partial charge is 0.395 e. The molecule has 104 valence electrons. The highest BCUT2D eigenvalue weighted by molar-refractivity contribution is 5.94. The molecule has 1 aromatic rings. The maximum absolute atomic E-state index is 12.7. The zero-order valence-electron chi connectivity index (χ0n) is 10.9. The fraction of sp³-hybridized carbons (Fsp3) is 0.571. The van der Waals surface area contributed by atoms with Crippen LogP contribution in [-0.4, -0.2) is 46.5 Å².